The van der Waals surface area contributed by atoms with Crippen molar-refractivity contribution in [3.05, 3.63) is 12.1 Å². The summed E-state index contributed by atoms with van der Waals surface area (Å²) in [6.45, 7) is 0.480. The molecule has 100 valence electrons. The summed E-state index contributed by atoms with van der Waals surface area (Å²) < 4.78 is 6.51. The second-order valence-corrected chi connectivity index (χ2v) is 4.32. The van der Waals surface area contributed by atoms with Crippen molar-refractivity contribution in [1.29, 1.82) is 0 Å². The number of carboxylic acid groups (broad SMARTS) is 1. The Kier molecular flexibility index (Phi) is 2.75. The summed E-state index contributed by atoms with van der Waals surface area (Å²) in [5, 5.41) is 24.4. The van der Waals surface area contributed by atoms with E-state index in [0.717, 1.165) is 0 Å². The van der Waals surface area contributed by atoms with Crippen molar-refractivity contribution in [2.24, 2.45) is 0 Å². The summed E-state index contributed by atoms with van der Waals surface area (Å²) in [4.78, 5) is 13.0. The minimum Gasteiger partial charge on any atom is -0.480 e. The van der Waals surface area contributed by atoms with E-state index in [0.29, 0.717) is 24.4 Å². The third-order valence-electron chi connectivity index (χ3n) is 3.23. The average molecular weight is 264 g/mol. The lowest BCUT2D eigenvalue weighted by Crippen LogP contribution is -2.36. The topological polar surface area (TPSA) is 106 Å². The van der Waals surface area contributed by atoms with Gasteiger partial charge in [-0.3, -0.25) is 0 Å². The molecule has 3 heterocycles. The lowest BCUT2D eigenvalue weighted by atomic mass is 10.2. The van der Waals surface area contributed by atoms with E-state index in [4.69, 9.17) is 4.74 Å². The van der Waals surface area contributed by atoms with Crippen LogP contribution in [0.25, 0.3) is 5.65 Å². The second-order valence-electron chi connectivity index (χ2n) is 4.32. The molecule has 0 radical (unpaired) electrons. The molecule has 2 unspecified atom stereocenters. The molecule has 1 fully saturated rings. The first-order valence-electron chi connectivity index (χ1n) is 5.76. The molecule has 2 atom stereocenters. The van der Waals surface area contributed by atoms with Crippen LogP contribution in [0.1, 0.15) is 6.42 Å². The number of hydrogen-bond donors (Lipinski definition) is 1. The van der Waals surface area contributed by atoms with Gasteiger partial charge in [-0.2, -0.15) is 0 Å². The number of ether oxygens (including phenoxy) is 1. The molecule has 0 aliphatic carbocycles. The van der Waals surface area contributed by atoms with Crippen LogP contribution in [0, 0.1) is 0 Å². The first-order chi connectivity index (χ1) is 9.19. The highest BCUT2D eigenvalue weighted by molar-refractivity contribution is 5.78. The van der Waals surface area contributed by atoms with Gasteiger partial charge in [0.05, 0.1) is 6.10 Å². The molecule has 19 heavy (non-hydrogen) atoms. The molecule has 1 N–H and O–H groups in total. The maximum atomic E-state index is 11.3. The molecule has 1 saturated heterocycles. The highest BCUT2D eigenvalue weighted by Crippen LogP contribution is 2.25. The zero-order chi connectivity index (χ0) is 13.4. The average Bonchev–Trinajstić information content (AvgIpc) is 3.04. The molecular formula is C10H12N6O3. The largest absolute Gasteiger partial charge is 0.480 e. The van der Waals surface area contributed by atoms with E-state index < -0.39 is 12.0 Å². The van der Waals surface area contributed by atoms with E-state index in [2.05, 4.69) is 20.6 Å². The van der Waals surface area contributed by atoms with Crippen molar-refractivity contribution >= 4 is 17.4 Å². The molecule has 0 bridgehead atoms. The number of anilines is 1. The first kappa shape index (κ1) is 11.8. The van der Waals surface area contributed by atoms with Crippen molar-refractivity contribution in [1.82, 2.24) is 25.3 Å². The van der Waals surface area contributed by atoms with Gasteiger partial charge in [-0.15, -0.1) is 14.8 Å². The number of aromatic nitrogens is 5. The Morgan fingerprint density at radius 2 is 2.37 bits per heavy atom. The summed E-state index contributed by atoms with van der Waals surface area (Å²) in [6, 6.07) is 2.76. The van der Waals surface area contributed by atoms with Crippen molar-refractivity contribution < 1.29 is 14.6 Å². The second kappa shape index (κ2) is 4.43. The van der Waals surface area contributed by atoms with E-state index in [9.17, 15) is 9.90 Å². The van der Waals surface area contributed by atoms with Gasteiger partial charge in [0.15, 0.2) is 11.5 Å². The Hall–Kier alpha value is -2.29. The Bertz CT molecular complexity index is 614. The fourth-order valence-corrected chi connectivity index (χ4v) is 2.25. The maximum absolute atomic E-state index is 11.3. The molecular weight excluding hydrogens is 252 g/mol. The van der Waals surface area contributed by atoms with Crippen LogP contribution in [0.4, 0.5) is 5.82 Å². The molecule has 2 aromatic heterocycles. The van der Waals surface area contributed by atoms with Crippen LogP contribution < -0.4 is 4.90 Å². The zero-order valence-corrected chi connectivity index (χ0v) is 10.2. The smallest absolute Gasteiger partial charge is 0.326 e. The van der Waals surface area contributed by atoms with E-state index in [-0.39, 0.29) is 6.10 Å². The van der Waals surface area contributed by atoms with E-state index in [1.807, 2.05) is 0 Å². The number of hydrogen-bond acceptors (Lipinski definition) is 7. The minimum absolute atomic E-state index is 0.118. The summed E-state index contributed by atoms with van der Waals surface area (Å²) in [6.07, 6.45) is 0.314. The van der Waals surface area contributed by atoms with Gasteiger partial charge in [-0.25, -0.2) is 4.79 Å². The summed E-state index contributed by atoms with van der Waals surface area (Å²) in [5.74, 6) is -0.370. The molecule has 1 aliphatic heterocycles. The normalized spacial score (nSPS) is 23.1. The predicted molar refractivity (Wildman–Crippen MR) is 62.8 cm³/mol. The monoisotopic (exact) mass is 264 g/mol. The molecule has 0 aromatic carbocycles. The lowest BCUT2D eigenvalue weighted by Gasteiger charge is -2.21. The number of nitrogens with zero attached hydrogens (tertiary/aromatic N) is 6. The van der Waals surface area contributed by atoms with Gasteiger partial charge in [0.2, 0.25) is 0 Å². The number of methoxy groups -OCH3 is 1. The lowest BCUT2D eigenvalue weighted by molar-refractivity contribution is -0.138. The van der Waals surface area contributed by atoms with E-state index in [1.165, 1.54) is 4.63 Å². The van der Waals surface area contributed by atoms with Gasteiger partial charge in [0.25, 0.3) is 0 Å². The van der Waals surface area contributed by atoms with Crippen LogP contribution in [0.3, 0.4) is 0 Å². The summed E-state index contributed by atoms with van der Waals surface area (Å²) >= 11 is 0. The number of fused-ring (bicyclic) bond motifs is 1. The first-order valence-corrected chi connectivity index (χ1v) is 5.76. The van der Waals surface area contributed by atoms with Crippen molar-refractivity contribution in [2.75, 3.05) is 18.6 Å². The van der Waals surface area contributed by atoms with Crippen LogP contribution in [-0.2, 0) is 9.53 Å². The molecule has 2 aromatic rings. The van der Waals surface area contributed by atoms with Gasteiger partial charge in [-0.05, 0) is 22.6 Å². The Morgan fingerprint density at radius 1 is 1.53 bits per heavy atom. The minimum atomic E-state index is -0.891. The number of aliphatic carboxylic acids is 1. The Labute approximate surface area is 107 Å². The fourth-order valence-electron chi connectivity index (χ4n) is 2.25. The van der Waals surface area contributed by atoms with Gasteiger partial charge in [0.1, 0.15) is 6.04 Å². The standard InChI is InChI=1S/C10H12N6O3/c1-19-6-4-7(10(17)18)15(5-6)9-3-2-8-11-13-14-16(8)12-9/h2-3,6-7H,4-5H2,1H3,(H,17,18). The highest BCUT2D eigenvalue weighted by atomic mass is 16.5. The summed E-state index contributed by atoms with van der Waals surface area (Å²) in [5.41, 5.74) is 0.512. The number of carboxylic acids is 1. The van der Waals surface area contributed by atoms with Gasteiger partial charge in [-0.1, -0.05) is 0 Å². The van der Waals surface area contributed by atoms with Crippen LogP contribution in [0.15, 0.2) is 12.1 Å². The van der Waals surface area contributed by atoms with Gasteiger partial charge >= 0.3 is 5.97 Å². The van der Waals surface area contributed by atoms with Crippen LogP contribution in [0.5, 0.6) is 0 Å². The third kappa shape index (κ3) is 1.97. The predicted octanol–water partition coefficient (Wildman–Crippen LogP) is -0.802. The molecule has 1 aliphatic rings. The zero-order valence-electron chi connectivity index (χ0n) is 10.2. The van der Waals surface area contributed by atoms with E-state index >= 15 is 0 Å². The number of tetrazole rings is 1. The molecule has 0 saturated carbocycles. The van der Waals surface area contributed by atoms with Crippen LogP contribution in [0.2, 0.25) is 0 Å². The SMILES string of the molecule is COC1CC(C(=O)O)N(c2ccc3nnnn3n2)C1. The molecule has 9 heteroatoms. The van der Waals surface area contributed by atoms with Gasteiger partial charge < -0.3 is 14.7 Å². The highest BCUT2D eigenvalue weighted by Gasteiger charge is 2.38. The molecule has 0 amide bonds. The maximum Gasteiger partial charge on any atom is 0.326 e. The van der Waals surface area contributed by atoms with Crippen LogP contribution >= 0.6 is 0 Å². The van der Waals surface area contributed by atoms with E-state index in [1.54, 1.807) is 24.1 Å². The van der Waals surface area contributed by atoms with Gasteiger partial charge in [0, 0.05) is 20.1 Å². The molecule has 0 spiro atoms. The molecule has 3 rings (SSSR count). The van der Waals surface area contributed by atoms with Crippen LogP contribution in [-0.4, -0.2) is 62.1 Å². The van der Waals surface area contributed by atoms with Crippen molar-refractivity contribution in [3.8, 4) is 0 Å². The quantitative estimate of drug-likeness (QED) is 0.767. The third-order valence-corrected chi connectivity index (χ3v) is 3.23. The Morgan fingerprint density at radius 3 is 3.11 bits per heavy atom. The number of rotatable bonds is 3. The Balaban J connectivity index is 1.96. The molecule has 9 nitrogen and oxygen atoms in total. The number of carbonyl (C=O) groups is 1. The van der Waals surface area contributed by atoms with Crippen molar-refractivity contribution in [3.63, 3.8) is 0 Å². The van der Waals surface area contributed by atoms with Crippen molar-refractivity contribution in [2.45, 2.75) is 18.6 Å². The summed E-state index contributed by atoms with van der Waals surface area (Å²) in [7, 11) is 1.57. The fraction of sp³-hybridized carbons (Fsp3) is 0.500.